The third kappa shape index (κ3) is 3.65. The molecule has 1 aromatic carbocycles. The summed E-state index contributed by atoms with van der Waals surface area (Å²) in [6.45, 7) is 0. The van der Waals surface area contributed by atoms with Crippen LogP contribution < -0.4 is 21.7 Å². The highest BCUT2D eigenvalue weighted by Crippen LogP contribution is 2.18. The van der Waals surface area contributed by atoms with Crippen LogP contribution in [-0.4, -0.2) is 13.1 Å². The number of carbonyl (C=O) groups is 1. The van der Waals surface area contributed by atoms with E-state index in [0.29, 0.717) is 5.75 Å². The zero-order valence-corrected chi connectivity index (χ0v) is 10.7. The molecule has 1 rings (SSSR count). The highest BCUT2D eigenvalue weighted by atomic mass is 79.9. The van der Waals surface area contributed by atoms with Crippen LogP contribution in [0.5, 0.6) is 5.75 Å². The first-order valence-corrected chi connectivity index (χ1v) is 5.36. The Morgan fingerprint density at radius 3 is 2.41 bits per heavy atom. The Balaban J connectivity index is 2.90. The molecule has 92 valence electrons. The summed E-state index contributed by atoms with van der Waals surface area (Å²) in [5.74, 6) is 4.90. The Morgan fingerprint density at radius 1 is 1.35 bits per heavy atom. The summed E-state index contributed by atoms with van der Waals surface area (Å²) in [7, 11) is 1.21. The van der Waals surface area contributed by atoms with Crippen molar-refractivity contribution in [1.29, 1.82) is 0 Å². The Labute approximate surface area is 107 Å². The molecule has 0 atom stereocenters. The van der Waals surface area contributed by atoms with E-state index < -0.39 is 5.97 Å². The average Bonchev–Trinajstić information content (AvgIpc) is 2.36. The number of halogens is 1. The van der Waals surface area contributed by atoms with Gasteiger partial charge in [-0.3, -0.25) is 5.43 Å². The molecular formula is C10H12BrN3O3. The van der Waals surface area contributed by atoms with E-state index in [9.17, 15) is 4.79 Å². The second-order valence-electron chi connectivity index (χ2n) is 2.93. The number of esters is 1. The SMILES string of the molecule is COC(=O)/C(N)=C(/NN)Oc1ccc(Br)cc1. The molecule has 1 aromatic rings. The normalized spacial score (nSPS) is 11.5. The number of hydrogen-bond acceptors (Lipinski definition) is 6. The van der Waals surface area contributed by atoms with Crippen LogP contribution in [0.3, 0.4) is 0 Å². The first kappa shape index (κ1) is 13.3. The van der Waals surface area contributed by atoms with Gasteiger partial charge in [0, 0.05) is 4.47 Å². The van der Waals surface area contributed by atoms with Crippen molar-refractivity contribution in [3.63, 3.8) is 0 Å². The van der Waals surface area contributed by atoms with Crippen molar-refractivity contribution in [3.05, 3.63) is 40.3 Å². The Kier molecular flexibility index (Phi) is 4.80. The van der Waals surface area contributed by atoms with Gasteiger partial charge in [-0.2, -0.15) is 0 Å². The van der Waals surface area contributed by atoms with E-state index in [1.807, 2.05) is 0 Å². The van der Waals surface area contributed by atoms with Gasteiger partial charge in [-0.1, -0.05) is 15.9 Å². The van der Waals surface area contributed by atoms with Gasteiger partial charge in [0.05, 0.1) is 7.11 Å². The number of methoxy groups -OCH3 is 1. The number of hydrazine groups is 1. The number of ether oxygens (including phenoxy) is 2. The van der Waals surface area contributed by atoms with Crippen LogP contribution >= 0.6 is 15.9 Å². The van der Waals surface area contributed by atoms with E-state index in [1.54, 1.807) is 24.3 Å². The fourth-order valence-corrected chi connectivity index (χ4v) is 1.25. The summed E-state index contributed by atoms with van der Waals surface area (Å²) < 4.78 is 10.6. The summed E-state index contributed by atoms with van der Waals surface area (Å²) in [6.07, 6.45) is 0. The molecule has 0 aliphatic carbocycles. The fourth-order valence-electron chi connectivity index (χ4n) is 0.985. The third-order valence-electron chi connectivity index (χ3n) is 1.81. The molecular weight excluding hydrogens is 290 g/mol. The molecule has 6 nitrogen and oxygen atoms in total. The van der Waals surface area contributed by atoms with Crippen molar-refractivity contribution in [3.8, 4) is 5.75 Å². The number of nitrogens with two attached hydrogens (primary N) is 2. The Morgan fingerprint density at radius 2 is 1.94 bits per heavy atom. The number of nitrogens with one attached hydrogen (secondary N) is 1. The summed E-state index contributed by atoms with van der Waals surface area (Å²) in [6, 6.07) is 6.92. The molecule has 17 heavy (non-hydrogen) atoms. The van der Waals surface area contributed by atoms with Crippen molar-refractivity contribution < 1.29 is 14.3 Å². The molecule has 0 fully saturated rings. The number of rotatable bonds is 4. The molecule has 0 amide bonds. The molecule has 7 heteroatoms. The van der Waals surface area contributed by atoms with E-state index in [2.05, 4.69) is 26.1 Å². The van der Waals surface area contributed by atoms with Crippen LogP contribution in [0.4, 0.5) is 0 Å². The number of carbonyl (C=O) groups excluding carboxylic acids is 1. The second-order valence-corrected chi connectivity index (χ2v) is 3.85. The summed E-state index contributed by atoms with van der Waals surface area (Å²) in [5.41, 5.74) is 7.45. The smallest absolute Gasteiger partial charge is 0.359 e. The first-order chi connectivity index (χ1) is 8.08. The van der Waals surface area contributed by atoms with Crippen LogP contribution in [0.25, 0.3) is 0 Å². The van der Waals surface area contributed by atoms with Gasteiger partial charge in [-0.25, -0.2) is 10.6 Å². The Bertz CT molecular complexity index is 431. The van der Waals surface area contributed by atoms with Gasteiger partial charge >= 0.3 is 5.97 Å². The van der Waals surface area contributed by atoms with Gasteiger partial charge in [-0.15, -0.1) is 0 Å². The topological polar surface area (TPSA) is 99.6 Å². The maximum atomic E-state index is 11.2. The lowest BCUT2D eigenvalue weighted by molar-refractivity contribution is -0.136. The quantitative estimate of drug-likeness (QED) is 0.247. The van der Waals surface area contributed by atoms with Gasteiger partial charge < -0.3 is 15.2 Å². The molecule has 0 spiro atoms. The fraction of sp³-hybridized carbons (Fsp3) is 0.100. The highest BCUT2D eigenvalue weighted by molar-refractivity contribution is 9.10. The molecule has 0 aliphatic heterocycles. The minimum atomic E-state index is -0.727. The summed E-state index contributed by atoms with van der Waals surface area (Å²) in [4.78, 5) is 11.2. The highest BCUT2D eigenvalue weighted by Gasteiger charge is 2.13. The lowest BCUT2D eigenvalue weighted by Gasteiger charge is -2.11. The van der Waals surface area contributed by atoms with E-state index >= 15 is 0 Å². The van der Waals surface area contributed by atoms with Crippen LogP contribution in [0.15, 0.2) is 40.3 Å². The van der Waals surface area contributed by atoms with Gasteiger partial charge in [-0.05, 0) is 24.3 Å². The van der Waals surface area contributed by atoms with Crippen LogP contribution in [0.1, 0.15) is 0 Å². The van der Waals surface area contributed by atoms with Gasteiger partial charge in [0.15, 0.2) is 5.70 Å². The predicted molar refractivity (Wildman–Crippen MR) is 65.3 cm³/mol. The van der Waals surface area contributed by atoms with Gasteiger partial charge in [0.25, 0.3) is 0 Å². The van der Waals surface area contributed by atoms with Gasteiger partial charge in [0.2, 0.25) is 5.88 Å². The molecule has 5 N–H and O–H groups in total. The van der Waals surface area contributed by atoms with E-state index in [0.717, 1.165) is 4.47 Å². The lowest BCUT2D eigenvalue weighted by atomic mass is 10.3. The van der Waals surface area contributed by atoms with Crippen LogP contribution in [-0.2, 0) is 9.53 Å². The standard InChI is InChI=1S/C10H12BrN3O3/c1-16-10(15)8(12)9(14-13)17-7-4-2-6(11)3-5-7/h2-5,14H,12-13H2,1H3/b9-8+. The summed E-state index contributed by atoms with van der Waals surface area (Å²) >= 11 is 3.29. The average molecular weight is 302 g/mol. The molecule has 0 saturated heterocycles. The summed E-state index contributed by atoms with van der Waals surface area (Å²) in [5, 5.41) is 0. The minimum absolute atomic E-state index is 0.0702. The maximum Gasteiger partial charge on any atom is 0.359 e. The first-order valence-electron chi connectivity index (χ1n) is 4.56. The largest absolute Gasteiger partial charge is 0.464 e. The van der Waals surface area contributed by atoms with Crippen molar-refractivity contribution >= 4 is 21.9 Å². The maximum absolute atomic E-state index is 11.2. The molecule has 0 unspecified atom stereocenters. The predicted octanol–water partition coefficient (Wildman–Crippen LogP) is 0.592. The second kappa shape index (κ2) is 6.12. The minimum Gasteiger partial charge on any atom is -0.464 e. The molecule has 0 heterocycles. The lowest BCUT2D eigenvalue weighted by Crippen LogP contribution is -2.31. The molecule has 0 radical (unpaired) electrons. The molecule has 0 saturated carbocycles. The van der Waals surface area contributed by atoms with Crippen LogP contribution in [0.2, 0.25) is 0 Å². The van der Waals surface area contributed by atoms with Crippen LogP contribution in [0, 0.1) is 0 Å². The monoisotopic (exact) mass is 301 g/mol. The molecule has 0 bridgehead atoms. The van der Waals surface area contributed by atoms with Gasteiger partial charge in [0.1, 0.15) is 5.75 Å². The molecule has 0 aliphatic rings. The van der Waals surface area contributed by atoms with Crippen molar-refractivity contribution in [2.75, 3.05) is 7.11 Å². The third-order valence-corrected chi connectivity index (χ3v) is 2.34. The van der Waals surface area contributed by atoms with Crippen molar-refractivity contribution in [2.45, 2.75) is 0 Å². The van der Waals surface area contributed by atoms with E-state index in [1.165, 1.54) is 7.11 Å². The van der Waals surface area contributed by atoms with E-state index in [4.69, 9.17) is 16.3 Å². The van der Waals surface area contributed by atoms with E-state index in [-0.39, 0.29) is 11.6 Å². The number of hydrogen-bond donors (Lipinski definition) is 3. The zero-order valence-electron chi connectivity index (χ0n) is 9.07. The van der Waals surface area contributed by atoms with Crippen molar-refractivity contribution in [1.82, 2.24) is 5.43 Å². The van der Waals surface area contributed by atoms with Crippen molar-refractivity contribution in [2.24, 2.45) is 11.6 Å². The number of benzene rings is 1. The molecule has 0 aromatic heterocycles. The zero-order chi connectivity index (χ0) is 12.8. The Hall–Kier alpha value is -1.73.